The molecule has 2 aromatic rings. The quantitative estimate of drug-likeness (QED) is 0.924. The van der Waals surface area contributed by atoms with Gasteiger partial charge in [0.2, 0.25) is 10.0 Å². The molecule has 0 aromatic carbocycles. The molecule has 0 radical (unpaired) electrons. The summed E-state index contributed by atoms with van der Waals surface area (Å²) in [4.78, 5) is 13.5. The fourth-order valence-corrected chi connectivity index (χ4v) is 2.64. The van der Waals surface area contributed by atoms with Crippen LogP contribution in [0, 0.1) is 6.92 Å². The van der Waals surface area contributed by atoms with Crippen molar-refractivity contribution in [1.29, 1.82) is 0 Å². The van der Waals surface area contributed by atoms with E-state index in [2.05, 4.69) is 0 Å². The fraction of sp³-hybridized carbons (Fsp3) is 0.308. The van der Waals surface area contributed by atoms with Crippen LogP contribution >= 0.6 is 0 Å². The van der Waals surface area contributed by atoms with Crippen molar-refractivity contribution in [2.24, 2.45) is 5.14 Å². The average molecular weight is 312 g/mol. The summed E-state index contributed by atoms with van der Waals surface area (Å²) in [6.07, 6.45) is 1.51. The Labute approximate surface area is 122 Å². The lowest BCUT2D eigenvalue weighted by molar-refractivity contribution is 0.0692. The van der Waals surface area contributed by atoms with Gasteiger partial charge in [-0.25, -0.2) is 13.6 Å². The van der Waals surface area contributed by atoms with Crippen LogP contribution in [-0.2, 0) is 10.0 Å². The predicted molar refractivity (Wildman–Crippen MR) is 74.0 cm³/mol. The third-order valence-corrected chi connectivity index (χ3v) is 4.26. The Hall–Kier alpha value is -2.06. The maximum atomic E-state index is 12.3. The number of nitrogens with zero attached hydrogens (tertiary/aromatic N) is 1. The van der Waals surface area contributed by atoms with E-state index in [9.17, 15) is 13.2 Å². The minimum atomic E-state index is -3.92. The normalized spacial score (nSPS) is 13.1. The number of aryl methyl sites for hydroxylation is 1. The highest BCUT2D eigenvalue weighted by Crippen LogP contribution is 2.24. The van der Waals surface area contributed by atoms with E-state index in [1.165, 1.54) is 18.1 Å². The first-order valence-corrected chi connectivity index (χ1v) is 7.70. The Bertz CT molecular complexity index is 746. The largest absolute Gasteiger partial charge is 0.467 e. The van der Waals surface area contributed by atoms with Crippen LogP contribution in [0.2, 0.25) is 0 Å². The van der Waals surface area contributed by atoms with Crippen LogP contribution in [0.1, 0.15) is 35.0 Å². The molecule has 1 amide bonds. The van der Waals surface area contributed by atoms with E-state index in [4.69, 9.17) is 14.0 Å². The van der Waals surface area contributed by atoms with Crippen LogP contribution < -0.4 is 5.14 Å². The second-order valence-electron chi connectivity index (χ2n) is 4.68. The summed E-state index contributed by atoms with van der Waals surface area (Å²) in [6.45, 7) is 3.22. The molecule has 0 aliphatic heterocycles. The number of rotatable bonds is 4. The maximum Gasteiger partial charge on any atom is 0.289 e. The summed E-state index contributed by atoms with van der Waals surface area (Å²) in [7, 11) is -2.34. The van der Waals surface area contributed by atoms with E-state index in [-0.39, 0.29) is 22.5 Å². The lowest BCUT2D eigenvalue weighted by atomic mass is 10.2. The van der Waals surface area contributed by atoms with E-state index >= 15 is 0 Å². The molecule has 0 aliphatic rings. The number of furan rings is 2. The molecule has 0 bridgehead atoms. The Morgan fingerprint density at radius 1 is 1.43 bits per heavy atom. The van der Waals surface area contributed by atoms with Crippen molar-refractivity contribution in [1.82, 2.24) is 4.90 Å². The monoisotopic (exact) mass is 312 g/mol. The summed E-state index contributed by atoms with van der Waals surface area (Å²) in [6, 6.07) is 4.28. The van der Waals surface area contributed by atoms with Crippen LogP contribution in [0.5, 0.6) is 0 Å². The molecule has 0 saturated carbocycles. The van der Waals surface area contributed by atoms with Crippen molar-refractivity contribution in [3.8, 4) is 0 Å². The van der Waals surface area contributed by atoms with E-state index in [0.29, 0.717) is 5.76 Å². The summed E-state index contributed by atoms with van der Waals surface area (Å²) in [5, 5.41) is 5.06. The molecule has 114 valence electrons. The number of nitrogens with two attached hydrogens (primary N) is 1. The first-order chi connectivity index (χ1) is 9.71. The zero-order valence-corrected chi connectivity index (χ0v) is 12.7. The molecule has 8 heteroatoms. The molecule has 0 spiro atoms. The Morgan fingerprint density at radius 2 is 2.10 bits per heavy atom. The molecule has 2 heterocycles. The van der Waals surface area contributed by atoms with Crippen LogP contribution in [0.25, 0.3) is 0 Å². The molecule has 2 aromatic heterocycles. The molecule has 2 N–H and O–H groups in total. The highest BCUT2D eigenvalue weighted by Gasteiger charge is 2.26. The van der Waals surface area contributed by atoms with Gasteiger partial charge in [-0.1, -0.05) is 0 Å². The first kappa shape index (κ1) is 15.3. The number of carbonyl (C=O) groups excluding carboxylic acids is 1. The lowest BCUT2D eigenvalue weighted by Crippen LogP contribution is -2.29. The molecule has 7 nitrogen and oxygen atoms in total. The maximum absolute atomic E-state index is 12.3. The van der Waals surface area contributed by atoms with E-state index in [1.54, 1.807) is 26.1 Å². The zero-order valence-electron chi connectivity index (χ0n) is 11.9. The molecule has 2 rings (SSSR count). The van der Waals surface area contributed by atoms with Gasteiger partial charge in [0, 0.05) is 13.1 Å². The molecule has 0 saturated heterocycles. The van der Waals surface area contributed by atoms with Gasteiger partial charge < -0.3 is 13.7 Å². The molecule has 0 aliphatic carbocycles. The fourth-order valence-electron chi connectivity index (χ4n) is 1.92. The standard InChI is InChI=1S/C13H16N2O5S/c1-8(10-5-4-6-19-10)15(3)13(16)11-7-12(9(2)20-11)21(14,17)18/h4-8H,1-3H3,(H2,14,17,18). The van der Waals surface area contributed by atoms with Crippen LogP contribution in [0.15, 0.2) is 38.2 Å². The highest BCUT2D eigenvalue weighted by atomic mass is 32.2. The van der Waals surface area contributed by atoms with Gasteiger partial charge in [0.1, 0.15) is 16.4 Å². The number of sulfonamides is 1. The van der Waals surface area contributed by atoms with Crippen LogP contribution in [-0.4, -0.2) is 26.3 Å². The second-order valence-corrected chi connectivity index (χ2v) is 6.21. The Morgan fingerprint density at radius 3 is 2.57 bits per heavy atom. The van der Waals surface area contributed by atoms with Gasteiger partial charge in [-0.3, -0.25) is 4.79 Å². The number of amides is 1. The Balaban J connectivity index is 2.28. The third kappa shape index (κ3) is 3.01. The van der Waals surface area contributed by atoms with Crippen LogP contribution in [0.4, 0.5) is 0 Å². The van der Waals surface area contributed by atoms with E-state index in [0.717, 1.165) is 6.07 Å². The van der Waals surface area contributed by atoms with Gasteiger partial charge in [-0.2, -0.15) is 0 Å². The zero-order chi connectivity index (χ0) is 15.8. The minimum absolute atomic E-state index is 0.0832. The molecule has 1 unspecified atom stereocenters. The number of hydrogen-bond acceptors (Lipinski definition) is 5. The topological polar surface area (TPSA) is 107 Å². The molecule has 21 heavy (non-hydrogen) atoms. The Kier molecular flexibility index (Phi) is 3.93. The van der Waals surface area contributed by atoms with Gasteiger partial charge >= 0.3 is 0 Å². The molecule has 0 fully saturated rings. The van der Waals surface area contributed by atoms with E-state index < -0.39 is 15.9 Å². The molecular weight excluding hydrogens is 296 g/mol. The van der Waals surface area contributed by atoms with Crippen molar-refractivity contribution >= 4 is 15.9 Å². The van der Waals surface area contributed by atoms with Gasteiger partial charge in [-0.05, 0) is 26.0 Å². The summed E-state index contributed by atoms with van der Waals surface area (Å²) >= 11 is 0. The van der Waals surface area contributed by atoms with E-state index in [1.807, 2.05) is 0 Å². The van der Waals surface area contributed by atoms with Crippen LogP contribution in [0.3, 0.4) is 0 Å². The molecular formula is C13H16N2O5S. The third-order valence-electron chi connectivity index (χ3n) is 3.25. The number of primary sulfonamides is 1. The van der Waals surface area contributed by atoms with Gasteiger partial charge in [0.05, 0.1) is 12.3 Å². The van der Waals surface area contributed by atoms with Crippen molar-refractivity contribution in [3.63, 3.8) is 0 Å². The van der Waals surface area contributed by atoms with Gasteiger partial charge in [-0.15, -0.1) is 0 Å². The van der Waals surface area contributed by atoms with Gasteiger partial charge in [0.15, 0.2) is 5.76 Å². The van der Waals surface area contributed by atoms with Crippen molar-refractivity contribution in [2.75, 3.05) is 7.05 Å². The number of carbonyl (C=O) groups is 1. The summed E-state index contributed by atoms with van der Waals surface area (Å²) in [5.74, 6) is 0.148. The van der Waals surface area contributed by atoms with Crippen molar-refractivity contribution < 1.29 is 22.0 Å². The smallest absolute Gasteiger partial charge is 0.289 e. The minimum Gasteiger partial charge on any atom is -0.467 e. The molecule has 1 atom stereocenters. The lowest BCUT2D eigenvalue weighted by Gasteiger charge is -2.22. The summed E-state index contributed by atoms with van der Waals surface area (Å²) in [5.41, 5.74) is 0. The highest BCUT2D eigenvalue weighted by molar-refractivity contribution is 7.89. The number of hydrogen-bond donors (Lipinski definition) is 1. The van der Waals surface area contributed by atoms with Gasteiger partial charge in [0.25, 0.3) is 5.91 Å². The first-order valence-electron chi connectivity index (χ1n) is 6.15. The van der Waals surface area contributed by atoms with Crippen molar-refractivity contribution in [2.45, 2.75) is 24.8 Å². The summed E-state index contributed by atoms with van der Waals surface area (Å²) < 4.78 is 33.2. The average Bonchev–Trinajstić information content (AvgIpc) is 3.04. The predicted octanol–water partition coefficient (Wildman–Crippen LogP) is 1.66. The second kappa shape index (κ2) is 5.38. The SMILES string of the molecule is Cc1oc(C(=O)N(C)C(C)c2ccco2)cc1S(N)(=O)=O. The van der Waals surface area contributed by atoms with Crippen molar-refractivity contribution in [3.05, 3.63) is 41.7 Å².